The van der Waals surface area contributed by atoms with E-state index >= 15 is 0 Å². The molecule has 30 heavy (non-hydrogen) atoms. The van der Waals surface area contributed by atoms with Crippen molar-refractivity contribution in [1.82, 2.24) is 4.90 Å². The number of rotatable bonds is 5. The van der Waals surface area contributed by atoms with Gasteiger partial charge >= 0.3 is 0 Å². The molecule has 3 aromatic carbocycles. The van der Waals surface area contributed by atoms with Gasteiger partial charge in [0.25, 0.3) is 5.91 Å². The Balaban J connectivity index is 1.81. The van der Waals surface area contributed by atoms with Crippen molar-refractivity contribution in [3.05, 3.63) is 106 Å². The van der Waals surface area contributed by atoms with Crippen molar-refractivity contribution in [3.63, 3.8) is 0 Å². The monoisotopic (exact) mass is 423 g/mol. The summed E-state index contributed by atoms with van der Waals surface area (Å²) in [5.74, 6) is -0.743. The predicted octanol–water partition coefficient (Wildman–Crippen LogP) is 5.54. The van der Waals surface area contributed by atoms with E-state index in [9.17, 15) is 14.3 Å². The molecule has 4 nitrogen and oxygen atoms in total. The highest BCUT2D eigenvalue weighted by atomic mass is 35.5. The summed E-state index contributed by atoms with van der Waals surface area (Å²) in [4.78, 5) is 14.5. The highest BCUT2D eigenvalue weighted by molar-refractivity contribution is 6.30. The molecule has 0 bridgehead atoms. The van der Waals surface area contributed by atoms with Crippen molar-refractivity contribution in [3.8, 4) is 5.75 Å². The smallest absolute Gasteiger partial charge is 0.290 e. The van der Waals surface area contributed by atoms with Gasteiger partial charge in [-0.25, -0.2) is 4.39 Å². The maximum atomic E-state index is 14.8. The van der Waals surface area contributed by atoms with Crippen molar-refractivity contribution < 1.29 is 19.0 Å². The van der Waals surface area contributed by atoms with E-state index in [1.165, 1.54) is 11.0 Å². The number of carbonyl (C=O) groups excluding carboxylic acids is 1. The molecule has 152 valence electrons. The van der Waals surface area contributed by atoms with Crippen LogP contribution in [0.25, 0.3) is 5.57 Å². The van der Waals surface area contributed by atoms with Crippen LogP contribution in [0.2, 0.25) is 5.02 Å². The Hall–Kier alpha value is -3.31. The van der Waals surface area contributed by atoms with Gasteiger partial charge in [0.1, 0.15) is 11.6 Å². The van der Waals surface area contributed by atoms with Crippen molar-refractivity contribution >= 4 is 23.1 Å². The molecule has 0 unspecified atom stereocenters. The molecule has 0 aromatic heterocycles. The van der Waals surface area contributed by atoms with Crippen LogP contribution in [-0.4, -0.2) is 23.0 Å². The second kappa shape index (κ2) is 8.20. The number of nitrogens with zero attached hydrogens (tertiary/aromatic N) is 1. The van der Waals surface area contributed by atoms with Crippen LogP contribution in [0.4, 0.5) is 4.39 Å². The quantitative estimate of drug-likeness (QED) is 0.586. The number of carbonyl (C=O) groups is 1. The van der Waals surface area contributed by atoms with E-state index in [4.69, 9.17) is 16.3 Å². The van der Waals surface area contributed by atoms with E-state index in [0.717, 1.165) is 5.56 Å². The Bertz CT molecular complexity index is 1110. The Labute approximate surface area is 178 Å². The fourth-order valence-corrected chi connectivity index (χ4v) is 3.81. The zero-order valence-electron chi connectivity index (χ0n) is 16.2. The van der Waals surface area contributed by atoms with E-state index in [1.807, 2.05) is 0 Å². The van der Waals surface area contributed by atoms with E-state index in [1.54, 1.807) is 73.8 Å². The average Bonchev–Trinajstić information content (AvgIpc) is 3.00. The normalized spacial score (nSPS) is 16.3. The van der Waals surface area contributed by atoms with Crippen molar-refractivity contribution in [2.75, 3.05) is 7.11 Å². The average molecular weight is 424 g/mol. The molecule has 4 rings (SSSR count). The molecule has 0 saturated heterocycles. The SMILES string of the molecule is COc1ccc(C2=C(O)C(=O)N(Cc3ccc(Cl)cc3)[C@@H]2c2ccccc2F)cc1. The first kappa shape index (κ1) is 20.0. The van der Waals surface area contributed by atoms with Gasteiger partial charge in [-0.05, 0) is 41.5 Å². The van der Waals surface area contributed by atoms with Crippen molar-refractivity contribution in [2.45, 2.75) is 12.6 Å². The Morgan fingerprint density at radius 1 is 1.03 bits per heavy atom. The summed E-state index contributed by atoms with van der Waals surface area (Å²) >= 11 is 5.96. The molecule has 0 aliphatic carbocycles. The highest BCUT2D eigenvalue weighted by Crippen LogP contribution is 2.44. The summed E-state index contributed by atoms with van der Waals surface area (Å²) in [7, 11) is 1.56. The van der Waals surface area contributed by atoms with E-state index in [-0.39, 0.29) is 12.3 Å². The van der Waals surface area contributed by atoms with E-state index in [2.05, 4.69) is 0 Å². The lowest BCUT2D eigenvalue weighted by atomic mass is 9.93. The molecule has 6 heteroatoms. The number of amides is 1. The lowest BCUT2D eigenvalue weighted by Gasteiger charge is -2.28. The third-order valence-electron chi connectivity index (χ3n) is 5.17. The van der Waals surface area contributed by atoms with Crippen LogP contribution in [0.3, 0.4) is 0 Å². The molecule has 0 saturated carbocycles. The number of methoxy groups -OCH3 is 1. The number of benzene rings is 3. The molecule has 1 aliphatic heterocycles. The molecular formula is C24H19ClFNO3. The second-order valence-corrected chi connectivity index (χ2v) is 7.41. The standard InChI is InChI=1S/C24H19ClFNO3/c1-30-18-12-8-16(9-13-18)21-22(19-4-2-3-5-20(19)26)27(24(29)23(21)28)14-15-6-10-17(25)11-7-15/h2-13,22,28H,14H2,1H3/t22-/m1/s1. The topological polar surface area (TPSA) is 49.8 Å². The maximum absolute atomic E-state index is 14.8. The fourth-order valence-electron chi connectivity index (χ4n) is 3.69. The third kappa shape index (κ3) is 3.64. The number of hydrogen-bond donors (Lipinski definition) is 1. The largest absolute Gasteiger partial charge is 0.503 e. The van der Waals surface area contributed by atoms with Crippen LogP contribution in [-0.2, 0) is 11.3 Å². The van der Waals surface area contributed by atoms with E-state index < -0.39 is 17.8 Å². The van der Waals surface area contributed by atoms with Crippen LogP contribution in [0, 0.1) is 5.82 Å². The minimum atomic E-state index is -0.775. The highest BCUT2D eigenvalue weighted by Gasteiger charge is 2.42. The minimum Gasteiger partial charge on any atom is -0.503 e. The Morgan fingerprint density at radius 3 is 2.33 bits per heavy atom. The summed E-state index contributed by atoms with van der Waals surface area (Å²) in [6, 6.07) is 19.5. The molecule has 0 radical (unpaired) electrons. The number of aliphatic hydroxyl groups excluding tert-OH is 1. The van der Waals surface area contributed by atoms with Gasteiger partial charge in [0.05, 0.1) is 13.2 Å². The fraction of sp³-hybridized carbons (Fsp3) is 0.125. The van der Waals surface area contributed by atoms with E-state index in [0.29, 0.717) is 27.5 Å². The minimum absolute atomic E-state index is 0.193. The van der Waals surface area contributed by atoms with Crippen LogP contribution in [0.15, 0.2) is 78.6 Å². The molecule has 1 heterocycles. The summed E-state index contributed by atoms with van der Waals surface area (Å²) in [6.07, 6.45) is 0. The zero-order valence-corrected chi connectivity index (χ0v) is 16.9. The van der Waals surface area contributed by atoms with Gasteiger partial charge in [0, 0.05) is 22.7 Å². The van der Waals surface area contributed by atoms with Gasteiger partial charge in [0.2, 0.25) is 0 Å². The predicted molar refractivity (Wildman–Crippen MR) is 114 cm³/mol. The Morgan fingerprint density at radius 2 is 1.70 bits per heavy atom. The second-order valence-electron chi connectivity index (χ2n) is 6.97. The van der Waals surface area contributed by atoms with Crippen LogP contribution in [0.5, 0.6) is 5.75 Å². The van der Waals surface area contributed by atoms with Crippen molar-refractivity contribution in [1.29, 1.82) is 0 Å². The van der Waals surface area contributed by atoms with Crippen molar-refractivity contribution in [2.24, 2.45) is 0 Å². The van der Waals surface area contributed by atoms with Crippen LogP contribution < -0.4 is 4.74 Å². The lowest BCUT2D eigenvalue weighted by Crippen LogP contribution is -2.30. The summed E-state index contributed by atoms with van der Waals surface area (Å²) in [6.45, 7) is 0.193. The first-order valence-corrected chi connectivity index (χ1v) is 9.75. The van der Waals surface area contributed by atoms with Gasteiger partial charge in [-0.15, -0.1) is 0 Å². The van der Waals surface area contributed by atoms with Crippen LogP contribution in [0.1, 0.15) is 22.7 Å². The van der Waals surface area contributed by atoms with Gasteiger partial charge in [-0.1, -0.05) is 54.1 Å². The number of halogens is 2. The molecule has 1 aliphatic rings. The molecule has 1 N–H and O–H groups in total. The summed E-state index contributed by atoms with van der Waals surface area (Å²) in [5.41, 5.74) is 2.11. The lowest BCUT2D eigenvalue weighted by molar-refractivity contribution is -0.130. The molecule has 0 fully saturated rings. The summed E-state index contributed by atoms with van der Waals surface area (Å²) < 4.78 is 20.0. The molecule has 1 amide bonds. The van der Waals surface area contributed by atoms with Gasteiger partial charge in [-0.2, -0.15) is 0 Å². The molecular weight excluding hydrogens is 405 g/mol. The maximum Gasteiger partial charge on any atom is 0.290 e. The molecule has 1 atom stereocenters. The van der Waals surface area contributed by atoms with Gasteiger partial charge in [0.15, 0.2) is 5.76 Å². The summed E-state index contributed by atoms with van der Waals surface area (Å²) in [5, 5.41) is 11.3. The molecule has 3 aromatic rings. The first-order valence-electron chi connectivity index (χ1n) is 9.37. The third-order valence-corrected chi connectivity index (χ3v) is 5.42. The van der Waals surface area contributed by atoms with Crippen LogP contribution >= 0.6 is 11.6 Å². The Kier molecular flexibility index (Phi) is 5.46. The number of aliphatic hydroxyl groups is 1. The first-order chi connectivity index (χ1) is 14.5. The number of ether oxygens (including phenoxy) is 1. The van der Waals surface area contributed by atoms with Gasteiger partial charge < -0.3 is 14.7 Å². The molecule has 0 spiro atoms. The zero-order chi connectivity index (χ0) is 21.3. The van der Waals surface area contributed by atoms with Gasteiger partial charge in [-0.3, -0.25) is 4.79 Å². The number of hydrogen-bond acceptors (Lipinski definition) is 3.